The normalized spacial score (nSPS) is 11.8. The summed E-state index contributed by atoms with van der Waals surface area (Å²) in [4.78, 5) is 24.1. The van der Waals surface area contributed by atoms with Crippen molar-refractivity contribution in [2.24, 2.45) is 0 Å². The van der Waals surface area contributed by atoms with Gasteiger partial charge in [-0.25, -0.2) is 4.39 Å². The number of rotatable bonds is 6. The average Bonchev–Trinajstić information content (AvgIpc) is 2.63. The van der Waals surface area contributed by atoms with Crippen molar-refractivity contribution in [3.63, 3.8) is 0 Å². The summed E-state index contributed by atoms with van der Waals surface area (Å²) >= 11 is 0. The SMILES string of the molecule is Cc1ccc(C(C)C)cc1OC(C)C(=O)NNC(=O)Cc1ccc(F)cc1. The van der Waals surface area contributed by atoms with Gasteiger partial charge in [-0.3, -0.25) is 20.4 Å². The van der Waals surface area contributed by atoms with Gasteiger partial charge < -0.3 is 4.74 Å². The van der Waals surface area contributed by atoms with Crippen LogP contribution in [0.5, 0.6) is 5.75 Å². The van der Waals surface area contributed by atoms with Crippen LogP contribution in [-0.4, -0.2) is 17.9 Å². The maximum atomic E-state index is 12.9. The molecule has 2 aromatic carbocycles. The number of benzene rings is 2. The third kappa shape index (κ3) is 6.09. The number of hydrogen-bond donors (Lipinski definition) is 2. The van der Waals surface area contributed by atoms with Crippen molar-refractivity contribution >= 4 is 11.8 Å². The lowest BCUT2D eigenvalue weighted by Gasteiger charge is -2.18. The molecule has 0 saturated heterocycles. The van der Waals surface area contributed by atoms with Gasteiger partial charge in [0.05, 0.1) is 6.42 Å². The summed E-state index contributed by atoms with van der Waals surface area (Å²) in [6.45, 7) is 7.69. The molecule has 144 valence electrons. The van der Waals surface area contributed by atoms with Gasteiger partial charge in [0.25, 0.3) is 5.91 Å². The number of hydrazine groups is 1. The van der Waals surface area contributed by atoms with Gasteiger partial charge in [0.2, 0.25) is 5.91 Å². The Balaban J connectivity index is 1.87. The molecule has 0 radical (unpaired) electrons. The first-order valence-corrected chi connectivity index (χ1v) is 8.86. The van der Waals surface area contributed by atoms with Crippen LogP contribution >= 0.6 is 0 Å². The van der Waals surface area contributed by atoms with Crippen molar-refractivity contribution in [1.82, 2.24) is 10.9 Å². The van der Waals surface area contributed by atoms with Crippen LogP contribution in [0, 0.1) is 12.7 Å². The summed E-state index contributed by atoms with van der Waals surface area (Å²) in [6.07, 6.45) is -0.747. The molecule has 1 unspecified atom stereocenters. The van der Waals surface area contributed by atoms with Gasteiger partial charge in [-0.2, -0.15) is 0 Å². The largest absolute Gasteiger partial charge is 0.481 e. The van der Waals surface area contributed by atoms with Crippen LogP contribution < -0.4 is 15.6 Å². The Morgan fingerprint density at radius 1 is 1.04 bits per heavy atom. The van der Waals surface area contributed by atoms with E-state index in [1.165, 1.54) is 24.3 Å². The number of aryl methyl sites for hydroxylation is 1. The molecule has 0 heterocycles. The maximum absolute atomic E-state index is 12.9. The monoisotopic (exact) mass is 372 g/mol. The second-order valence-electron chi connectivity index (χ2n) is 6.78. The van der Waals surface area contributed by atoms with Gasteiger partial charge in [0.1, 0.15) is 11.6 Å². The van der Waals surface area contributed by atoms with Gasteiger partial charge in [0, 0.05) is 0 Å². The van der Waals surface area contributed by atoms with E-state index in [0.717, 1.165) is 11.1 Å². The van der Waals surface area contributed by atoms with Gasteiger partial charge in [0.15, 0.2) is 6.10 Å². The Morgan fingerprint density at radius 3 is 2.33 bits per heavy atom. The van der Waals surface area contributed by atoms with Gasteiger partial charge in [-0.1, -0.05) is 38.1 Å². The highest BCUT2D eigenvalue weighted by Crippen LogP contribution is 2.25. The molecule has 0 fully saturated rings. The number of halogens is 1. The van der Waals surface area contributed by atoms with E-state index in [2.05, 4.69) is 24.7 Å². The molecule has 0 aliphatic heterocycles. The molecule has 0 aliphatic rings. The Morgan fingerprint density at radius 2 is 1.70 bits per heavy atom. The summed E-state index contributed by atoms with van der Waals surface area (Å²) < 4.78 is 18.6. The number of nitrogens with one attached hydrogen (secondary N) is 2. The quantitative estimate of drug-likeness (QED) is 0.764. The number of carbonyl (C=O) groups excluding carboxylic acids is 2. The lowest BCUT2D eigenvalue weighted by Crippen LogP contribution is -2.47. The molecule has 0 aromatic heterocycles. The van der Waals surface area contributed by atoms with Crippen molar-refractivity contribution in [2.75, 3.05) is 0 Å². The van der Waals surface area contributed by atoms with Crippen molar-refractivity contribution in [3.8, 4) is 5.75 Å². The van der Waals surface area contributed by atoms with Crippen LogP contribution in [-0.2, 0) is 16.0 Å². The van der Waals surface area contributed by atoms with Gasteiger partial charge in [-0.15, -0.1) is 0 Å². The number of hydrogen-bond acceptors (Lipinski definition) is 3. The summed E-state index contributed by atoms with van der Waals surface area (Å²) in [5, 5.41) is 0. The Kier molecular flexibility index (Phi) is 6.93. The van der Waals surface area contributed by atoms with Crippen molar-refractivity contribution in [3.05, 3.63) is 65.0 Å². The van der Waals surface area contributed by atoms with Gasteiger partial charge >= 0.3 is 0 Å². The highest BCUT2D eigenvalue weighted by molar-refractivity contribution is 5.85. The number of carbonyl (C=O) groups is 2. The number of amides is 2. The summed E-state index contributed by atoms with van der Waals surface area (Å²) in [5.74, 6) is -0.239. The van der Waals surface area contributed by atoms with Crippen LogP contribution in [0.3, 0.4) is 0 Å². The smallest absolute Gasteiger partial charge is 0.279 e. The van der Waals surface area contributed by atoms with E-state index in [9.17, 15) is 14.0 Å². The molecule has 5 nitrogen and oxygen atoms in total. The first-order valence-electron chi connectivity index (χ1n) is 8.86. The lowest BCUT2D eigenvalue weighted by molar-refractivity contribution is -0.132. The summed E-state index contributed by atoms with van der Waals surface area (Å²) in [5.41, 5.74) is 7.40. The van der Waals surface area contributed by atoms with E-state index < -0.39 is 17.9 Å². The number of ether oxygens (including phenoxy) is 1. The minimum Gasteiger partial charge on any atom is -0.481 e. The van der Waals surface area contributed by atoms with E-state index in [1.54, 1.807) is 6.92 Å². The molecule has 2 rings (SSSR count). The fourth-order valence-corrected chi connectivity index (χ4v) is 2.41. The molecular formula is C21H25FN2O3. The predicted octanol–water partition coefficient (Wildman–Crippen LogP) is 3.41. The zero-order valence-corrected chi connectivity index (χ0v) is 16.0. The van der Waals surface area contributed by atoms with Crippen LogP contribution in [0.25, 0.3) is 0 Å². The topological polar surface area (TPSA) is 67.4 Å². The lowest BCUT2D eigenvalue weighted by atomic mass is 10.0. The molecule has 2 N–H and O–H groups in total. The van der Waals surface area contributed by atoms with Crippen molar-refractivity contribution in [2.45, 2.75) is 46.1 Å². The molecule has 0 spiro atoms. The molecular weight excluding hydrogens is 347 g/mol. The average molecular weight is 372 g/mol. The van der Waals surface area contributed by atoms with Gasteiger partial charge in [-0.05, 0) is 54.7 Å². The standard InChI is InChI=1S/C21H25FN2O3/c1-13(2)17-8-5-14(3)19(12-17)27-15(4)21(26)24-23-20(25)11-16-6-9-18(22)10-7-16/h5-10,12-13,15H,11H2,1-4H3,(H,23,25)(H,24,26). The van der Waals surface area contributed by atoms with E-state index in [0.29, 0.717) is 17.2 Å². The fraction of sp³-hybridized carbons (Fsp3) is 0.333. The first kappa shape index (κ1) is 20.4. The third-order valence-corrected chi connectivity index (χ3v) is 4.15. The minimum absolute atomic E-state index is 0.0331. The zero-order chi connectivity index (χ0) is 20.0. The second-order valence-corrected chi connectivity index (χ2v) is 6.78. The molecule has 0 aliphatic carbocycles. The second kappa shape index (κ2) is 9.16. The fourth-order valence-electron chi connectivity index (χ4n) is 2.41. The van der Waals surface area contributed by atoms with Crippen LogP contribution in [0.4, 0.5) is 4.39 Å². The molecule has 27 heavy (non-hydrogen) atoms. The Hall–Kier alpha value is -2.89. The highest BCUT2D eigenvalue weighted by atomic mass is 19.1. The predicted molar refractivity (Wildman–Crippen MR) is 102 cm³/mol. The Bertz CT molecular complexity index is 804. The summed E-state index contributed by atoms with van der Waals surface area (Å²) in [6, 6.07) is 11.5. The molecule has 1 atom stereocenters. The molecule has 2 amide bonds. The zero-order valence-electron chi connectivity index (χ0n) is 16.0. The van der Waals surface area contributed by atoms with E-state index in [4.69, 9.17) is 4.74 Å². The highest BCUT2D eigenvalue weighted by Gasteiger charge is 2.17. The van der Waals surface area contributed by atoms with Crippen molar-refractivity contribution < 1.29 is 18.7 Å². The van der Waals surface area contributed by atoms with Crippen molar-refractivity contribution in [1.29, 1.82) is 0 Å². The molecule has 6 heteroatoms. The third-order valence-electron chi connectivity index (χ3n) is 4.15. The molecule has 2 aromatic rings. The van der Waals surface area contributed by atoms with Crippen LogP contribution in [0.15, 0.2) is 42.5 Å². The van der Waals surface area contributed by atoms with E-state index in [1.807, 2.05) is 25.1 Å². The van der Waals surface area contributed by atoms with E-state index >= 15 is 0 Å². The first-order chi connectivity index (χ1) is 12.8. The minimum atomic E-state index is -0.780. The molecule has 0 saturated carbocycles. The Labute approximate surface area is 158 Å². The molecule has 0 bridgehead atoms. The van der Waals surface area contributed by atoms with Crippen LogP contribution in [0.2, 0.25) is 0 Å². The van der Waals surface area contributed by atoms with E-state index in [-0.39, 0.29) is 12.2 Å². The van der Waals surface area contributed by atoms with Crippen LogP contribution in [0.1, 0.15) is 43.4 Å². The maximum Gasteiger partial charge on any atom is 0.279 e. The summed E-state index contributed by atoms with van der Waals surface area (Å²) in [7, 11) is 0.